The summed E-state index contributed by atoms with van der Waals surface area (Å²) >= 11 is 0. The average molecular weight is 334 g/mol. The monoisotopic (exact) mass is 334 g/mol. The lowest BCUT2D eigenvalue weighted by molar-refractivity contribution is -0.166. The largest absolute Gasteiger partial charge is 0.479 e. The Hall–Kier alpha value is -0.700. The summed E-state index contributed by atoms with van der Waals surface area (Å²) in [7, 11) is -2.28. The van der Waals surface area contributed by atoms with Crippen LogP contribution in [0.3, 0.4) is 0 Å². The minimum Gasteiger partial charge on any atom is -0.479 e. The van der Waals surface area contributed by atoms with Crippen molar-refractivity contribution in [2.75, 3.05) is 33.3 Å². The van der Waals surface area contributed by atoms with E-state index < -0.39 is 21.8 Å². The highest BCUT2D eigenvalue weighted by Crippen LogP contribution is 2.29. The molecule has 2 aliphatic heterocycles. The lowest BCUT2D eigenvalue weighted by atomic mass is 9.94. The number of nitrogens with zero attached hydrogens (tertiary/aromatic N) is 2. The van der Waals surface area contributed by atoms with Crippen LogP contribution in [0, 0.1) is 5.92 Å². The molecule has 2 rings (SSSR count). The fraction of sp³-hybridized carbons (Fsp3) is 0.929. The lowest BCUT2D eigenvalue weighted by Gasteiger charge is -2.41. The molecule has 0 aromatic carbocycles. The predicted octanol–water partition coefficient (Wildman–Crippen LogP) is 0.919. The van der Waals surface area contributed by atoms with E-state index in [0.29, 0.717) is 38.4 Å². The van der Waals surface area contributed by atoms with Crippen LogP contribution in [0.1, 0.15) is 39.0 Å². The SMILES string of the molecule is CCC1CCN(S(=O)(=O)N2CCCC(OC)(C(=O)O)C2)CC1. The van der Waals surface area contributed by atoms with E-state index in [0.717, 1.165) is 19.3 Å². The molecular weight excluding hydrogens is 308 g/mol. The summed E-state index contributed by atoms with van der Waals surface area (Å²) in [6.07, 6.45) is 3.65. The molecule has 0 aromatic heterocycles. The lowest BCUT2D eigenvalue weighted by Crippen LogP contribution is -2.58. The maximum Gasteiger partial charge on any atom is 0.337 e. The Balaban J connectivity index is 2.11. The van der Waals surface area contributed by atoms with Crippen LogP contribution in [0.25, 0.3) is 0 Å². The number of piperidine rings is 2. The van der Waals surface area contributed by atoms with E-state index in [9.17, 15) is 18.3 Å². The summed E-state index contributed by atoms with van der Waals surface area (Å²) in [5.41, 5.74) is -1.42. The van der Waals surface area contributed by atoms with E-state index in [4.69, 9.17) is 4.74 Å². The Morgan fingerprint density at radius 1 is 1.27 bits per heavy atom. The third-order valence-corrected chi connectivity index (χ3v) is 6.99. The van der Waals surface area contributed by atoms with Gasteiger partial charge in [0.1, 0.15) is 0 Å². The predicted molar refractivity (Wildman–Crippen MR) is 81.7 cm³/mol. The number of methoxy groups -OCH3 is 1. The minimum absolute atomic E-state index is 0.116. The Morgan fingerprint density at radius 3 is 2.41 bits per heavy atom. The van der Waals surface area contributed by atoms with Gasteiger partial charge in [-0.15, -0.1) is 0 Å². The molecule has 2 aliphatic rings. The highest BCUT2D eigenvalue weighted by atomic mass is 32.2. The molecule has 0 bridgehead atoms. The first kappa shape index (κ1) is 17.7. The van der Waals surface area contributed by atoms with Gasteiger partial charge in [0.15, 0.2) is 5.60 Å². The molecule has 1 unspecified atom stereocenters. The smallest absolute Gasteiger partial charge is 0.337 e. The van der Waals surface area contributed by atoms with Gasteiger partial charge in [-0.2, -0.15) is 17.0 Å². The van der Waals surface area contributed by atoms with Crippen molar-refractivity contribution >= 4 is 16.2 Å². The van der Waals surface area contributed by atoms with Gasteiger partial charge in [0, 0.05) is 26.7 Å². The zero-order valence-corrected chi connectivity index (χ0v) is 14.1. The molecule has 8 heteroatoms. The van der Waals surface area contributed by atoms with Crippen molar-refractivity contribution in [3.63, 3.8) is 0 Å². The van der Waals surface area contributed by atoms with Crippen LogP contribution in [-0.4, -0.2) is 67.0 Å². The third kappa shape index (κ3) is 3.29. The first-order valence-electron chi connectivity index (χ1n) is 7.89. The molecule has 0 aromatic rings. The van der Waals surface area contributed by atoms with Crippen LogP contribution in [0.5, 0.6) is 0 Å². The molecule has 0 spiro atoms. The number of carboxylic acid groups (broad SMARTS) is 1. The number of hydrogen-bond acceptors (Lipinski definition) is 4. The molecule has 1 atom stereocenters. The number of hydrogen-bond donors (Lipinski definition) is 1. The molecule has 1 N–H and O–H groups in total. The van der Waals surface area contributed by atoms with Crippen LogP contribution in [-0.2, 0) is 19.7 Å². The molecule has 0 radical (unpaired) electrons. The van der Waals surface area contributed by atoms with Crippen molar-refractivity contribution in [1.29, 1.82) is 0 Å². The van der Waals surface area contributed by atoms with E-state index in [-0.39, 0.29) is 6.54 Å². The van der Waals surface area contributed by atoms with Gasteiger partial charge in [0.05, 0.1) is 6.54 Å². The van der Waals surface area contributed by atoms with Crippen molar-refractivity contribution in [2.24, 2.45) is 5.92 Å². The van der Waals surface area contributed by atoms with Gasteiger partial charge in [0.25, 0.3) is 10.2 Å². The summed E-state index contributed by atoms with van der Waals surface area (Å²) < 4.78 is 33.5. The number of carbonyl (C=O) groups is 1. The van der Waals surface area contributed by atoms with E-state index in [2.05, 4.69) is 6.92 Å². The molecule has 0 saturated carbocycles. The van der Waals surface area contributed by atoms with Gasteiger partial charge in [0.2, 0.25) is 0 Å². The maximum absolute atomic E-state index is 12.8. The second kappa shape index (κ2) is 6.82. The summed E-state index contributed by atoms with van der Waals surface area (Å²) in [6.45, 7) is 3.40. The number of aliphatic carboxylic acids is 1. The fourth-order valence-corrected chi connectivity index (χ4v) is 5.05. The number of carboxylic acids is 1. The molecule has 2 saturated heterocycles. The van der Waals surface area contributed by atoms with Crippen molar-refractivity contribution in [2.45, 2.75) is 44.6 Å². The molecule has 7 nitrogen and oxygen atoms in total. The van der Waals surface area contributed by atoms with Crippen LogP contribution in [0.15, 0.2) is 0 Å². The van der Waals surface area contributed by atoms with E-state index in [1.807, 2.05) is 0 Å². The second-order valence-electron chi connectivity index (χ2n) is 6.20. The van der Waals surface area contributed by atoms with E-state index in [1.165, 1.54) is 15.7 Å². The van der Waals surface area contributed by atoms with Crippen molar-refractivity contribution in [3.8, 4) is 0 Å². The van der Waals surface area contributed by atoms with E-state index >= 15 is 0 Å². The molecule has 0 amide bonds. The summed E-state index contributed by atoms with van der Waals surface area (Å²) in [5.74, 6) is -0.510. The Morgan fingerprint density at radius 2 is 1.91 bits per heavy atom. The van der Waals surface area contributed by atoms with Crippen LogP contribution < -0.4 is 0 Å². The van der Waals surface area contributed by atoms with Gasteiger partial charge in [-0.25, -0.2) is 4.79 Å². The highest BCUT2D eigenvalue weighted by Gasteiger charge is 2.47. The van der Waals surface area contributed by atoms with Crippen LogP contribution in [0.2, 0.25) is 0 Å². The summed E-state index contributed by atoms with van der Waals surface area (Å²) in [5, 5.41) is 9.39. The zero-order valence-electron chi connectivity index (χ0n) is 13.3. The maximum atomic E-state index is 12.8. The highest BCUT2D eigenvalue weighted by molar-refractivity contribution is 7.86. The summed E-state index contributed by atoms with van der Waals surface area (Å²) in [4.78, 5) is 11.5. The topological polar surface area (TPSA) is 87.2 Å². The molecule has 2 fully saturated rings. The van der Waals surface area contributed by atoms with Gasteiger partial charge in [-0.05, 0) is 31.6 Å². The zero-order chi connectivity index (χ0) is 16.4. The standard InChI is InChI=1S/C14H26N2O5S/c1-3-12-5-9-15(10-6-12)22(19,20)16-8-4-7-14(11-16,21-2)13(17)18/h12H,3-11H2,1-2H3,(H,17,18). The van der Waals surface area contributed by atoms with Gasteiger partial charge < -0.3 is 9.84 Å². The molecule has 22 heavy (non-hydrogen) atoms. The van der Waals surface area contributed by atoms with Crippen molar-refractivity contribution in [3.05, 3.63) is 0 Å². The van der Waals surface area contributed by atoms with E-state index in [1.54, 1.807) is 0 Å². The Labute approximate surface area is 132 Å². The normalized spacial score (nSPS) is 29.5. The van der Waals surface area contributed by atoms with Gasteiger partial charge in [-0.1, -0.05) is 13.3 Å². The quantitative estimate of drug-likeness (QED) is 0.808. The Kier molecular flexibility index (Phi) is 5.47. The van der Waals surface area contributed by atoms with Crippen molar-refractivity contribution < 1.29 is 23.1 Å². The molecule has 128 valence electrons. The first-order chi connectivity index (χ1) is 10.4. The van der Waals surface area contributed by atoms with Gasteiger partial charge in [-0.3, -0.25) is 0 Å². The second-order valence-corrected chi connectivity index (χ2v) is 8.13. The number of rotatable bonds is 5. The van der Waals surface area contributed by atoms with Crippen LogP contribution in [0.4, 0.5) is 0 Å². The average Bonchev–Trinajstić information content (AvgIpc) is 2.54. The minimum atomic E-state index is -3.61. The van der Waals surface area contributed by atoms with Crippen LogP contribution >= 0.6 is 0 Å². The van der Waals surface area contributed by atoms with Crippen molar-refractivity contribution in [1.82, 2.24) is 8.61 Å². The summed E-state index contributed by atoms with van der Waals surface area (Å²) in [6, 6.07) is 0. The molecular formula is C14H26N2O5S. The Bertz CT molecular complexity index is 501. The molecule has 0 aliphatic carbocycles. The van der Waals surface area contributed by atoms with Gasteiger partial charge >= 0.3 is 5.97 Å². The fourth-order valence-electron chi connectivity index (χ4n) is 3.32. The molecule has 2 heterocycles. The number of ether oxygens (including phenoxy) is 1. The first-order valence-corrected chi connectivity index (χ1v) is 9.29. The third-order valence-electron chi connectivity index (χ3n) is 5.00.